The minimum atomic E-state index is -0.330. The van der Waals surface area contributed by atoms with Gasteiger partial charge in [-0.25, -0.2) is 0 Å². The van der Waals surface area contributed by atoms with Crippen molar-refractivity contribution in [1.29, 1.82) is 5.26 Å². The van der Waals surface area contributed by atoms with E-state index in [1.165, 1.54) is 0 Å². The van der Waals surface area contributed by atoms with Crippen LogP contribution in [0, 0.1) is 22.7 Å². The van der Waals surface area contributed by atoms with E-state index in [1.54, 1.807) is 0 Å². The van der Waals surface area contributed by atoms with Crippen LogP contribution in [-0.4, -0.2) is 36.5 Å². The van der Waals surface area contributed by atoms with Crippen molar-refractivity contribution in [2.24, 2.45) is 11.3 Å². The Kier molecular flexibility index (Phi) is 5.15. The molecule has 0 bridgehead atoms. The third-order valence-corrected chi connectivity index (χ3v) is 3.33. The average molecular weight is 251 g/mol. The molecule has 1 aliphatic heterocycles. The number of nitrogens with zero attached hydrogens (tertiary/aromatic N) is 2. The molecule has 0 spiro atoms. The Morgan fingerprint density at radius 2 is 2.22 bits per heavy atom. The van der Waals surface area contributed by atoms with Crippen molar-refractivity contribution in [3.8, 4) is 6.07 Å². The number of carbonyl (C=O) groups excluding carboxylic acids is 1. The number of hydrogen-bond donors (Lipinski definition) is 1. The lowest BCUT2D eigenvalue weighted by atomic mass is 9.93. The second kappa shape index (κ2) is 6.19. The molecule has 0 saturated carbocycles. The third-order valence-electron chi connectivity index (χ3n) is 3.33. The molecule has 4 nitrogen and oxygen atoms in total. The van der Waals surface area contributed by atoms with Crippen LogP contribution in [0.15, 0.2) is 0 Å². The van der Waals surface area contributed by atoms with Crippen LogP contribution in [0.1, 0.15) is 40.5 Å². The van der Waals surface area contributed by atoms with Crippen LogP contribution >= 0.6 is 0 Å². The normalized spacial score (nSPS) is 23.9. The van der Waals surface area contributed by atoms with E-state index in [1.807, 2.05) is 4.90 Å². The van der Waals surface area contributed by atoms with Gasteiger partial charge in [0.1, 0.15) is 0 Å². The highest BCUT2D eigenvalue weighted by atomic mass is 16.2. The van der Waals surface area contributed by atoms with E-state index >= 15 is 0 Å². The topological polar surface area (TPSA) is 56.1 Å². The molecule has 0 aromatic rings. The highest BCUT2D eigenvalue weighted by molar-refractivity contribution is 5.82. The molecule has 0 aromatic carbocycles. The molecule has 0 radical (unpaired) electrons. The first-order valence-corrected chi connectivity index (χ1v) is 6.75. The zero-order valence-electron chi connectivity index (χ0n) is 12.0. The Morgan fingerprint density at radius 1 is 1.56 bits per heavy atom. The molecule has 1 heterocycles. The molecule has 18 heavy (non-hydrogen) atoms. The molecule has 0 aliphatic carbocycles. The standard InChI is InChI=1S/C14H25N3O/c1-11(2)6-8-17-10-14(3,4)9-16-12(5-7-15)13(17)18/h11-12,16H,5-6,8-10H2,1-4H3. The summed E-state index contributed by atoms with van der Waals surface area (Å²) >= 11 is 0. The molecular weight excluding hydrogens is 226 g/mol. The summed E-state index contributed by atoms with van der Waals surface area (Å²) in [5, 5.41) is 12.0. The predicted octanol–water partition coefficient (Wildman–Crippen LogP) is 1.77. The first-order chi connectivity index (χ1) is 8.35. The average Bonchev–Trinajstić information content (AvgIpc) is 2.38. The van der Waals surface area contributed by atoms with Crippen molar-refractivity contribution in [1.82, 2.24) is 10.2 Å². The van der Waals surface area contributed by atoms with Gasteiger partial charge in [-0.15, -0.1) is 0 Å². The summed E-state index contributed by atoms with van der Waals surface area (Å²) in [5.74, 6) is 0.675. The highest BCUT2D eigenvalue weighted by Crippen LogP contribution is 2.21. The van der Waals surface area contributed by atoms with Gasteiger partial charge in [-0.05, 0) is 17.8 Å². The van der Waals surface area contributed by atoms with Gasteiger partial charge in [-0.3, -0.25) is 4.79 Å². The Labute approximate surface area is 110 Å². The fourth-order valence-corrected chi connectivity index (χ4v) is 2.21. The van der Waals surface area contributed by atoms with Gasteiger partial charge in [0.05, 0.1) is 18.5 Å². The second-order valence-corrected chi connectivity index (χ2v) is 6.40. The van der Waals surface area contributed by atoms with Crippen LogP contribution in [0.25, 0.3) is 0 Å². The van der Waals surface area contributed by atoms with Crippen molar-refractivity contribution < 1.29 is 4.79 Å². The Bertz CT molecular complexity index is 330. The first kappa shape index (κ1) is 15.0. The maximum Gasteiger partial charge on any atom is 0.240 e. The third kappa shape index (κ3) is 4.30. The largest absolute Gasteiger partial charge is 0.341 e. The lowest BCUT2D eigenvalue weighted by molar-refractivity contribution is -0.133. The molecule has 4 heteroatoms. The van der Waals surface area contributed by atoms with Crippen molar-refractivity contribution in [2.45, 2.75) is 46.6 Å². The lowest BCUT2D eigenvalue weighted by Gasteiger charge is -2.29. The highest BCUT2D eigenvalue weighted by Gasteiger charge is 2.33. The van der Waals surface area contributed by atoms with Gasteiger partial charge < -0.3 is 10.2 Å². The Balaban J connectivity index is 2.76. The summed E-state index contributed by atoms with van der Waals surface area (Å²) in [6.45, 7) is 11.0. The van der Waals surface area contributed by atoms with Gasteiger partial charge in [-0.2, -0.15) is 5.26 Å². The lowest BCUT2D eigenvalue weighted by Crippen LogP contribution is -2.44. The van der Waals surface area contributed by atoms with Crippen LogP contribution < -0.4 is 5.32 Å². The number of amides is 1. The van der Waals surface area contributed by atoms with Gasteiger partial charge >= 0.3 is 0 Å². The van der Waals surface area contributed by atoms with E-state index in [0.717, 1.165) is 26.1 Å². The van der Waals surface area contributed by atoms with Crippen molar-refractivity contribution in [2.75, 3.05) is 19.6 Å². The van der Waals surface area contributed by atoms with E-state index in [-0.39, 0.29) is 23.8 Å². The monoisotopic (exact) mass is 251 g/mol. The maximum absolute atomic E-state index is 12.3. The predicted molar refractivity (Wildman–Crippen MR) is 71.8 cm³/mol. The first-order valence-electron chi connectivity index (χ1n) is 6.75. The van der Waals surface area contributed by atoms with Crippen molar-refractivity contribution >= 4 is 5.91 Å². The van der Waals surface area contributed by atoms with E-state index < -0.39 is 0 Å². The molecule has 102 valence electrons. The number of rotatable bonds is 4. The van der Waals surface area contributed by atoms with Gasteiger partial charge in [0, 0.05) is 19.6 Å². The minimum Gasteiger partial charge on any atom is -0.341 e. The van der Waals surface area contributed by atoms with Gasteiger partial charge in [0.15, 0.2) is 0 Å². The fourth-order valence-electron chi connectivity index (χ4n) is 2.21. The molecule has 1 fully saturated rings. The number of carbonyl (C=O) groups is 1. The number of nitrogens with one attached hydrogen (secondary N) is 1. The van der Waals surface area contributed by atoms with Crippen molar-refractivity contribution in [3.05, 3.63) is 0 Å². The van der Waals surface area contributed by atoms with E-state index in [9.17, 15) is 4.79 Å². The van der Waals surface area contributed by atoms with Crippen LogP contribution in [0.2, 0.25) is 0 Å². The van der Waals surface area contributed by atoms with Gasteiger partial charge in [0.25, 0.3) is 0 Å². The molecule has 1 rings (SSSR count). The number of hydrogen-bond acceptors (Lipinski definition) is 3. The number of nitriles is 1. The van der Waals surface area contributed by atoms with Gasteiger partial charge in [0.2, 0.25) is 5.91 Å². The SMILES string of the molecule is CC(C)CCN1CC(C)(C)CNC(CC#N)C1=O. The maximum atomic E-state index is 12.3. The summed E-state index contributed by atoms with van der Waals surface area (Å²) in [6, 6.07) is 1.77. The summed E-state index contributed by atoms with van der Waals surface area (Å²) < 4.78 is 0. The Hall–Kier alpha value is -1.08. The van der Waals surface area contributed by atoms with Crippen LogP contribution in [0.3, 0.4) is 0 Å². The summed E-state index contributed by atoms with van der Waals surface area (Å²) in [6.07, 6.45) is 1.27. The van der Waals surface area contributed by atoms with E-state index in [4.69, 9.17) is 5.26 Å². The molecule has 1 aliphatic rings. The van der Waals surface area contributed by atoms with Crippen LogP contribution in [0.4, 0.5) is 0 Å². The quantitative estimate of drug-likeness (QED) is 0.828. The van der Waals surface area contributed by atoms with Crippen LogP contribution in [-0.2, 0) is 4.79 Å². The molecule has 1 unspecified atom stereocenters. The van der Waals surface area contributed by atoms with Crippen molar-refractivity contribution in [3.63, 3.8) is 0 Å². The molecule has 1 atom stereocenters. The Morgan fingerprint density at radius 3 is 2.78 bits per heavy atom. The van der Waals surface area contributed by atoms with E-state index in [2.05, 4.69) is 39.1 Å². The molecule has 1 saturated heterocycles. The van der Waals surface area contributed by atoms with E-state index in [0.29, 0.717) is 5.92 Å². The molecule has 1 amide bonds. The van der Waals surface area contributed by atoms with Crippen LogP contribution in [0.5, 0.6) is 0 Å². The minimum absolute atomic E-state index is 0.0663. The summed E-state index contributed by atoms with van der Waals surface area (Å²) in [7, 11) is 0. The smallest absolute Gasteiger partial charge is 0.240 e. The fraction of sp³-hybridized carbons (Fsp3) is 0.857. The second-order valence-electron chi connectivity index (χ2n) is 6.40. The summed E-state index contributed by atoms with van der Waals surface area (Å²) in [4.78, 5) is 14.3. The molecule has 1 N–H and O–H groups in total. The zero-order valence-corrected chi connectivity index (χ0v) is 12.0. The molecule has 0 aromatic heterocycles. The summed E-state index contributed by atoms with van der Waals surface area (Å²) in [5.41, 5.74) is 0.0663. The molecular formula is C14H25N3O. The zero-order chi connectivity index (χ0) is 13.8. The van der Waals surface area contributed by atoms with Gasteiger partial charge in [-0.1, -0.05) is 27.7 Å².